The number of esters is 2. The Bertz CT molecular complexity index is 2280. The first-order valence-electron chi connectivity index (χ1n) is 21.0. The molecule has 0 unspecified atom stereocenters. The van der Waals surface area contributed by atoms with Crippen LogP contribution in [0.15, 0.2) is 60.7 Å². The summed E-state index contributed by atoms with van der Waals surface area (Å²) in [4.78, 5) is 39.8. The van der Waals surface area contributed by atoms with Crippen LogP contribution in [-0.4, -0.2) is 109 Å². The fraction of sp³-hybridized carbons (Fsp3) is 0.605. The number of benzene rings is 2. The van der Waals surface area contributed by atoms with E-state index in [1.807, 2.05) is 6.92 Å². The minimum absolute atomic E-state index is 0.0135. The predicted octanol–water partition coefficient (Wildman–Crippen LogP) is 4.90. The summed E-state index contributed by atoms with van der Waals surface area (Å²) in [7, 11) is -11.1. The minimum atomic E-state index is -5.55. The molecule has 5 N–H and O–H groups in total. The number of phenols is 1. The second kappa shape index (κ2) is 17.8. The Kier molecular flexibility index (Phi) is 13.3. The molecule has 2 bridgehead atoms. The lowest BCUT2D eigenvalue weighted by molar-refractivity contribution is -0.315. The molecule has 4 aliphatic carbocycles. The van der Waals surface area contributed by atoms with Gasteiger partial charge in [-0.15, -0.1) is 0 Å². The van der Waals surface area contributed by atoms with Crippen molar-refractivity contribution in [3.05, 3.63) is 66.2 Å². The highest BCUT2D eigenvalue weighted by Gasteiger charge is 2.67. The number of aliphatic hydroxyl groups is 1. The third kappa shape index (κ3) is 9.84. The van der Waals surface area contributed by atoms with E-state index >= 15 is 0 Å². The molecular formula is C43H54O18S2. The standard InChI is InChI=1S/C43H54O18S2/c1-22(2)17-34(45)59-37-36(61-63(53,54)55)35(60-62(50,51)52)32(21-56-40(49)26-7-5-24(6-8-26)25-9-12-28(44)13-10-25)58-41(37)57-29-18-30(39(47)48)31-15-16-43-19-27(23(3)38(43)46)11-14-33(43)42(31,4)20-29/h5-10,12-13,22,27,29-33,35-38,41,44,46H,3,11,14-21H2,1-2,4H3,(H,47,48)(H,50,51,52)(H,53,54,55)/t27-,29-,30-,31-,32-,33+,35-,36+,37-,38-,41-,42-,43-/m1/s1. The molecular weight excluding hydrogens is 869 g/mol. The van der Waals surface area contributed by atoms with Gasteiger partial charge in [-0.2, -0.15) is 16.8 Å². The lowest BCUT2D eigenvalue weighted by atomic mass is 9.43. The van der Waals surface area contributed by atoms with Gasteiger partial charge in [0.15, 0.2) is 18.5 Å². The zero-order chi connectivity index (χ0) is 45.8. The first kappa shape index (κ1) is 47.0. The third-order valence-electron chi connectivity index (χ3n) is 14.0. The number of phenolic OH excluding ortho intramolecular Hbond substituents is 1. The van der Waals surface area contributed by atoms with E-state index in [0.29, 0.717) is 24.8 Å². The van der Waals surface area contributed by atoms with Crippen molar-refractivity contribution in [2.24, 2.45) is 40.4 Å². The first-order chi connectivity index (χ1) is 29.5. The third-order valence-corrected chi connectivity index (χ3v) is 15.0. The zero-order valence-electron chi connectivity index (χ0n) is 35.0. The van der Waals surface area contributed by atoms with Crippen LogP contribution < -0.4 is 0 Å². The first-order valence-corrected chi connectivity index (χ1v) is 23.7. The Balaban J connectivity index is 1.22. The molecule has 4 saturated carbocycles. The summed E-state index contributed by atoms with van der Waals surface area (Å²) >= 11 is 0. The second-order valence-corrected chi connectivity index (χ2v) is 20.4. The summed E-state index contributed by atoms with van der Waals surface area (Å²) in [6.45, 7) is 8.64. The molecule has 7 rings (SSSR count). The molecule has 1 saturated heterocycles. The van der Waals surface area contributed by atoms with Gasteiger partial charge in [0.2, 0.25) is 0 Å². The maximum Gasteiger partial charge on any atom is 0.397 e. The maximum atomic E-state index is 13.4. The number of ether oxygens (including phenoxy) is 4. The number of hydrogen-bond donors (Lipinski definition) is 5. The number of fused-ring (bicyclic) bond motifs is 3. The van der Waals surface area contributed by atoms with E-state index in [2.05, 4.69) is 6.58 Å². The predicted molar refractivity (Wildman–Crippen MR) is 219 cm³/mol. The van der Waals surface area contributed by atoms with Crippen LogP contribution in [0.3, 0.4) is 0 Å². The molecule has 63 heavy (non-hydrogen) atoms. The SMILES string of the molecule is C=C1[C@@H]2CC[C@H]3[C@]4(C)C[C@H](O[C@@H]5O[C@H](COC(=O)c6ccc(-c7ccc(O)cc7)cc6)[C@@H](OS(=O)(=O)O)[C@H](OS(=O)(=O)O)[C@H]5OC(=O)CC(C)C)C[C@@H](C(=O)O)[C@H]4CC[C@]3(C2)[C@@H]1O. The van der Waals surface area contributed by atoms with Crippen molar-refractivity contribution in [3.63, 3.8) is 0 Å². The molecule has 18 nitrogen and oxygen atoms in total. The molecule has 0 amide bonds. The van der Waals surface area contributed by atoms with Crippen LogP contribution in [0.4, 0.5) is 0 Å². The quantitative estimate of drug-likeness (QED) is 0.0729. The molecule has 0 radical (unpaired) electrons. The highest BCUT2D eigenvalue weighted by atomic mass is 32.3. The summed E-state index contributed by atoms with van der Waals surface area (Å²) < 4.78 is 103. The van der Waals surface area contributed by atoms with E-state index in [1.54, 1.807) is 38.1 Å². The van der Waals surface area contributed by atoms with Gasteiger partial charge < -0.3 is 34.3 Å². The molecule has 1 heterocycles. The van der Waals surface area contributed by atoms with E-state index in [0.717, 1.165) is 24.0 Å². The van der Waals surface area contributed by atoms with E-state index < -0.39 is 105 Å². The number of carbonyl (C=O) groups is 3. The van der Waals surface area contributed by atoms with Gasteiger partial charge in [0.05, 0.1) is 23.7 Å². The van der Waals surface area contributed by atoms with E-state index in [9.17, 15) is 55.6 Å². The summed E-state index contributed by atoms with van der Waals surface area (Å²) in [6, 6.07) is 12.4. The average molecular weight is 923 g/mol. The van der Waals surface area contributed by atoms with Gasteiger partial charge in [-0.05, 0) is 115 Å². The van der Waals surface area contributed by atoms with E-state index in [4.69, 9.17) is 27.3 Å². The molecule has 13 atom stereocenters. The van der Waals surface area contributed by atoms with Crippen LogP contribution in [0.25, 0.3) is 11.1 Å². The number of aromatic hydroxyl groups is 1. The molecule has 0 aromatic heterocycles. The van der Waals surface area contributed by atoms with Crippen LogP contribution in [0.5, 0.6) is 5.75 Å². The second-order valence-electron chi connectivity index (χ2n) is 18.3. The van der Waals surface area contributed by atoms with Gasteiger partial charge in [0, 0.05) is 11.8 Å². The lowest BCUT2D eigenvalue weighted by Gasteiger charge is -2.62. The normalized spacial score (nSPS) is 35.3. The summed E-state index contributed by atoms with van der Waals surface area (Å²) in [5.74, 6) is -4.52. The molecule has 1 aliphatic heterocycles. The van der Waals surface area contributed by atoms with Crippen LogP contribution >= 0.6 is 0 Å². The van der Waals surface area contributed by atoms with Crippen LogP contribution in [-0.2, 0) is 57.7 Å². The largest absolute Gasteiger partial charge is 0.508 e. The van der Waals surface area contributed by atoms with Crippen LogP contribution in [0, 0.1) is 40.4 Å². The molecule has 346 valence electrons. The van der Waals surface area contributed by atoms with Gasteiger partial charge in [0.25, 0.3) is 0 Å². The van der Waals surface area contributed by atoms with Gasteiger partial charge in [-0.25, -0.2) is 13.2 Å². The molecule has 5 aliphatic rings. The van der Waals surface area contributed by atoms with Crippen molar-refractivity contribution in [1.82, 2.24) is 0 Å². The Labute approximate surface area is 365 Å². The van der Waals surface area contributed by atoms with Gasteiger partial charge in [-0.3, -0.25) is 18.7 Å². The Morgan fingerprint density at radius 3 is 2.11 bits per heavy atom. The Morgan fingerprint density at radius 1 is 0.889 bits per heavy atom. The van der Waals surface area contributed by atoms with Gasteiger partial charge in [-0.1, -0.05) is 51.6 Å². The van der Waals surface area contributed by atoms with Crippen molar-refractivity contribution in [1.29, 1.82) is 0 Å². The highest BCUT2D eigenvalue weighted by molar-refractivity contribution is 7.81. The van der Waals surface area contributed by atoms with Gasteiger partial charge >= 0.3 is 38.7 Å². The minimum Gasteiger partial charge on any atom is -0.508 e. The number of aliphatic carboxylic acids is 1. The zero-order valence-corrected chi connectivity index (χ0v) is 36.6. The summed E-state index contributed by atoms with van der Waals surface area (Å²) in [5, 5.41) is 31.9. The van der Waals surface area contributed by atoms with E-state index in [1.165, 1.54) is 24.3 Å². The molecule has 2 aromatic rings. The van der Waals surface area contributed by atoms with Crippen molar-refractivity contribution in [2.75, 3.05) is 6.61 Å². The number of aliphatic hydroxyl groups excluding tert-OH is 1. The monoisotopic (exact) mass is 922 g/mol. The Morgan fingerprint density at radius 2 is 1.51 bits per heavy atom. The smallest absolute Gasteiger partial charge is 0.397 e. The van der Waals surface area contributed by atoms with Crippen LogP contribution in [0.1, 0.15) is 82.5 Å². The van der Waals surface area contributed by atoms with Crippen molar-refractivity contribution in [3.8, 4) is 16.9 Å². The average Bonchev–Trinajstić information content (AvgIpc) is 3.36. The maximum absolute atomic E-state index is 13.4. The molecule has 5 fully saturated rings. The fourth-order valence-corrected chi connectivity index (χ4v) is 12.5. The number of carboxylic acid groups (broad SMARTS) is 1. The summed E-state index contributed by atoms with van der Waals surface area (Å²) in [6.07, 6.45) is -8.99. The Hall–Kier alpha value is -3.99. The fourth-order valence-electron chi connectivity index (χ4n) is 11.5. The van der Waals surface area contributed by atoms with Gasteiger partial charge in [0.1, 0.15) is 24.6 Å². The number of carboxylic acids is 1. The topological polar surface area (TPSA) is 276 Å². The summed E-state index contributed by atoms with van der Waals surface area (Å²) in [5.41, 5.74) is 0.946. The number of carbonyl (C=O) groups excluding carboxylic acids is 2. The van der Waals surface area contributed by atoms with Crippen LogP contribution in [0.2, 0.25) is 0 Å². The van der Waals surface area contributed by atoms with E-state index in [-0.39, 0.29) is 54.2 Å². The highest BCUT2D eigenvalue weighted by Crippen LogP contribution is 2.70. The number of rotatable bonds is 14. The molecule has 2 aromatic carbocycles. The lowest BCUT2D eigenvalue weighted by Crippen LogP contribution is -2.64. The van der Waals surface area contributed by atoms with Crippen molar-refractivity contribution < 1.29 is 83.0 Å². The molecule has 1 spiro atoms. The number of hydrogen-bond acceptors (Lipinski definition) is 15. The molecule has 20 heteroatoms. The van der Waals surface area contributed by atoms with Crippen molar-refractivity contribution in [2.45, 2.75) is 115 Å². The van der Waals surface area contributed by atoms with Crippen molar-refractivity contribution >= 4 is 38.7 Å².